The Bertz CT molecular complexity index is 1650. The number of fused-ring (bicyclic) bond motifs is 1. The smallest absolute Gasteiger partial charge is 0.294 e. The Kier molecular flexibility index (Phi) is 7.96. The van der Waals surface area contributed by atoms with E-state index in [0.717, 1.165) is 0 Å². The summed E-state index contributed by atoms with van der Waals surface area (Å²) < 4.78 is 38.7. The summed E-state index contributed by atoms with van der Waals surface area (Å²) in [4.78, 5) is 12.8. The first-order valence-electron chi connectivity index (χ1n) is 11.6. The minimum atomic E-state index is -4.53. The standard InChI is InChI=1S/C27H24ClN3O6S/c1-3-19-23(38(34,35)36)14-13-22(28)24(19)30-31-25-20-8-6-5-7-16(20)15-21(26(25)32)27(33)29-17-9-11-18(12-10-17)37-4-2/h5-15,32H,3-4H2,1-2H3,(H,29,33)(H,34,35,36). The Morgan fingerprint density at radius 1 is 1.00 bits per heavy atom. The summed E-state index contributed by atoms with van der Waals surface area (Å²) >= 11 is 6.29. The van der Waals surface area contributed by atoms with Gasteiger partial charge in [-0.2, -0.15) is 8.42 Å². The van der Waals surface area contributed by atoms with Crippen molar-refractivity contribution in [3.8, 4) is 11.5 Å². The average Bonchev–Trinajstić information content (AvgIpc) is 2.88. The van der Waals surface area contributed by atoms with Crippen LogP contribution in [0, 0.1) is 0 Å². The van der Waals surface area contributed by atoms with Gasteiger partial charge in [0.2, 0.25) is 0 Å². The van der Waals surface area contributed by atoms with Gasteiger partial charge in [-0.25, -0.2) is 0 Å². The van der Waals surface area contributed by atoms with Crippen LogP contribution in [0.5, 0.6) is 11.5 Å². The number of azo groups is 1. The molecule has 0 aliphatic rings. The third-order valence-electron chi connectivity index (χ3n) is 5.73. The zero-order chi connectivity index (χ0) is 27.4. The largest absolute Gasteiger partial charge is 0.505 e. The normalized spacial score (nSPS) is 11.7. The molecule has 11 heteroatoms. The van der Waals surface area contributed by atoms with E-state index in [1.807, 2.05) is 6.92 Å². The highest BCUT2D eigenvalue weighted by Gasteiger charge is 2.21. The number of ether oxygens (including phenoxy) is 1. The van der Waals surface area contributed by atoms with Gasteiger partial charge in [0.1, 0.15) is 17.1 Å². The van der Waals surface area contributed by atoms with Crippen molar-refractivity contribution in [1.82, 2.24) is 0 Å². The lowest BCUT2D eigenvalue weighted by molar-refractivity contribution is 0.102. The van der Waals surface area contributed by atoms with Gasteiger partial charge >= 0.3 is 0 Å². The molecule has 4 rings (SSSR count). The maximum atomic E-state index is 13.1. The molecule has 0 bridgehead atoms. The van der Waals surface area contributed by atoms with Gasteiger partial charge in [0.25, 0.3) is 16.0 Å². The van der Waals surface area contributed by atoms with Crippen LogP contribution in [-0.4, -0.2) is 30.6 Å². The number of aromatic hydroxyl groups is 1. The maximum Gasteiger partial charge on any atom is 0.294 e. The highest BCUT2D eigenvalue weighted by molar-refractivity contribution is 7.85. The summed E-state index contributed by atoms with van der Waals surface area (Å²) in [5, 5.41) is 23.4. The van der Waals surface area contributed by atoms with E-state index in [1.165, 1.54) is 18.2 Å². The number of phenols is 1. The Labute approximate surface area is 224 Å². The van der Waals surface area contributed by atoms with E-state index in [4.69, 9.17) is 16.3 Å². The fourth-order valence-corrected chi connectivity index (χ4v) is 4.98. The number of nitrogens with one attached hydrogen (secondary N) is 1. The predicted octanol–water partition coefficient (Wildman–Crippen LogP) is 7.07. The summed E-state index contributed by atoms with van der Waals surface area (Å²) in [5.41, 5.74) is 0.639. The van der Waals surface area contributed by atoms with Gasteiger partial charge in [0.05, 0.1) is 22.1 Å². The third kappa shape index (κ3) is 5.62. The molecule has 196 valence electrons. The molecule has 9 nitrogen and oxygen atoms in total. The number of phenolic OH excluding ortho intramolecular Hbond substituents is 1. The van der Waals surface area contributed by atoms with E-state index >= 15 is 0 Å². The van der Waals surface area contributed by atoms with E-state index in [0.29, 0.717) is 28.8 Å². The molecule has 0 atom stereocenters. The van der Waals surface area contributed by atoms with Crippen molar-refractivity contribution in [2.75, 3.05) is 11.9 Å². The zero-order valence-corrected chi connectivity index (χ0v) is 22.0. The number of anilines is 1. The molecule has 0 radical (unpaired) electrons. The first-order valence-corrected chi connectivity index (χ1v) is 13.4. The number of carbonyl (C=O) groups is 1. The second kappa shape index (κ2) is 11.2. The van der Waals surface area contributed by atoms with Crippen LogP contribution in [0.15, 0.2) is 81.9 Å². The van der Waals surface area contributed by atoms with Crippen LogP contribution in [0.4, 0.5) is 17.1 Å². The zero-order valence-electron chi connectivity index (χ0n) is 20.5. The summed E-state index contributed by atoms with van der Waals surface area (Å²) in [5.74, 6) is -0.338. The van der Waals surface area contributed by atoms with Gasteiger partial charge in [0.15, 0.2) is 5.75 Å². The molecule has 4 aromatic carbocycles. The summed E-state index contributed by atoms with van der Waals surface area (Å²) in [6.45, 7) is 4.06. The van der Waals surface area contributed by atoms with Crippen LogP contribution in [0.25, 0.3) is 10.8 Å². The molecule has 38 heavy (non-hydrogen) atoms. The SMILES string of the molecule is CCOc1ccc(NC(=O)c2cc3ccccc3c(N=Nc3c(Cl)ccc(S(=O)(=O)O)c3CC)c2O)cc1. The quantitative estimate of drug-likeness (QED) is 0.157. The first kappa shape index (κ1) is 27.1. The van der Waals surface area contributed by atoms with Crippen LogP contribution >= 0.6 is 11.6 Å². The molecule has 0 aromatic heterocycles. The van der Waals surface area contributed by atoms with Crippen LogP contribution in [-0.2, 0) is 16.5 Å². The fraction of sp³-hybridized carbons (Fsp3) is 0.148. The van der Waals surface area contributed by atoms with Crippen molar-refractivity contribution >= 4 is 55.5 Å². The molecule has 0 heterocycles. The predicted molar refractivity (Wildman–Crippen MR) is 146 cm³/mol. The van der Waals surface area contributed by atoms with E-state index < -0.39 is 21.8 Å². The number of nitrogens with zero attached hydrogens (tertiary/aromatic N) is 2. The Balaban J connectivity index is 1.79. The van der Waals surface area contributed by atoms with Crippen LogP contribution in [0.3, 0.4) is 0 Å². The average molecular weight is 554 g/mol. The van der Waals surface area contributed by atoms with Gasteiger partial charge in [-0.1, -0.05) is 42.8 Å². The van der Waals surface area contributed by atoms with Gasteiger partial charge in [-0.3, -0.25) is 9.35 Å². The number of amides is 1. The summed E-state index contributed by atoms with van der Waals surface area (Å²) in [6, 6.07) is 17.8. The highest BCUT2D eigenvalue weighted by Crippen LogP contribution is 2.41. The van der Waals surface area contributed by atoms with E-state index in [1.54, 1.807) is 55.5 Å². The minimum Gasteiger partial charge on any atom is -0.505 e. The number of hydrogen-bond acceptors (Lipinski definition) is 7. The molecular weight excluding hydrogens is 530 g/mol. The molecule has 0 unspecified atom stereocenters. The molecule has 0 aliphatic carbocycles. The van der Waals surface area contributed by atoms with Crippen molar-refractivity contribution in [2.45, 2.75) is 25.2 Å². The number of hydrogen-bond donors (Lipinski definition) is 3. The third-order valence-corrected chi connectivity index (χ3v) is 6.98. The number of rotatable bonds is 8. The highest BCUT2D eigenvalue weighted by atomic mass is 35.5. The monoisotopic (exact) mass is 553 g/mol. The second-order valence-electron chi connectivity index (χ2n) is 8.16. The van der Waals surface area contributed by atoms with Gasteiger partial charge in [0, 0.05) is 16.6 Å². The molecule has 3 N–H and O–H groups in total. The fourth-order valence-electron chi connectivity index (χ4n) is 3.97. The molecule has 0 fully saturated rings. The molecule has 0 saturated carbocycles. The molecule has 0 saturated heterocycles. The van der Waals surface area contributed by atoms with Crippen LogP contribution in [0.1, 0.15) is 29.8 Å². The van der Waals surface area contributed by atoms with E-state index in [-0.39, 0.29) is 38.8 Å². The number of halogens is 1. The topological polar surface area (TPSA) is 138 Å². The maximum absolute atomic E-state index is 13.1. The lowest BCUT2D eigenvalue weighted by Crippen LogP contribution is -2.12. The van der Waals surface area contributed by atoms with Gasteiger partial charge in [-0.05, 0) is 61.2 Å². The molecule has 1 amide bonds. The van der Waals surface area contributed by atoms with Gasteiger partial charge < -0.3 is 15.2 Å². The van der Waals surface area contributed by atoms with E-state index in [9.17, 15) is 22.9 Å². The van der Waals surface area contributed by atoms with Crippen molar-refractivity contribution < 1.29 is 27.6 Å². The molecule has 0 aliphatic heterocycles. The Morgan fingerprint density at radius 3 is 2.34 bits per heavy atom. The van der Waals surface area contributed by atoms with Crippen molar-refractivity contribution in [1.29, 1.82) is 0 Å². The van der Waals surface area contributed by atoms with E-state index in [2.05, 4.69) is 15.5 Å². The Morgan fingerprint density at radius 2 is 1.68 bits per heavy atom. The van der Waals surface area contributed by atoms with Crippen molar-refractivity contribution in [3.05, 3.63) is 82.9 Å². The van der Waals surface area contributed by atoms with Crippen molar-refractivity contribution in [2.24, 2.45) is 10.2 Å². The van der Waals surface area contributed by atoms with Crippen LogP contribution in [0.2, 0.25) is 5.02 Å². The molecule has 4 aromatic rings. The number of benzene rings is 4. The van der Waals surface area contributed by atoms with Crippen molar-refractivity contribution in [3.63, 3.8) is 0 Å². The van der Waals surface area contributed by atoms with Crippen LogP contribution < -0.4 is 10.1 Å². The first-order chi connectivity index (χ1) is 18.1. The summed E-state index contributed by atoms with van der Waals surface area (Å²) in [7, 11) is -4.53. The lowest BCUT2D eigenvalue weighted by atomic mass is 10.0. The second-order valence-corrected chi connectivity index (χ2v) is 9.95. The molecule has 0 spiro atoms. The van der Waals surface area contributed by atoms with Gasteiger partial charge in [-0.15, -0.1) is 10.2 Å². The molecular formula is C27H24ClN3O6S. The minimum absolute atomic E-state index is 0.00433. The Hall–Kier alpha value is -3.99. The number of carbonyl (C=O) groups excluding carboxylic acids is 1. The summed E-state index contributed by atoms with van der Waals surface area (Å²) in [6.07, 6.45) is 0.182. The lowest BCUT2D eigenvalue weighted by Gasteiger charge is -2.12.